The second-order valence-corrected chi connectivity index (χ2v) is 9.91. The molecule has 0 fully saturated rings. The summed E-state index contributed by atoms with van der Waals surface area (Å²) in [6.45, 7) is 3.30. The van der Waals surface area contributed by atoms with Crippen LogP contribution in [0.4, 0.5) is 18.9 Å². The van der Waals surface area contributed by atoms with E-state index < -0.39 is 39.2 Å². The molecule has 0 saturated carbocycles. The quantitative estimate of drug-likeness (QED) is 0.581. The Kier molecular flexibility index (Phi) is 7.99. The fraction of sp³-hybridized carbons (Fsp3) is 0.381. The Labute approximate surface area is 185 Å². The maximum absolute atomic E-state index is 13.2. The molecule has 0 aliphatic carbocycles. The summed E-state index contributed by atoms with van der Waals surface area (Å²) in [5, 5.41) is 2.24. The number of carbonyl (C=O) groups is 1. The van der Waals surface area contributed by atoms with Crippen LogP contribution in [0.5, 0.6) is 0 Å². The molecule has 31 heavy (non-hydrogen) atoms. The monoisotopic (exact) mass is 476 g/mol. The molecule has 2 aromatic rings. The van der Waals surface area contributed by atoms with Crippen LogP contribution < -0.4 is 9.62 Å². The Hall–Kier alpha value is -2.26. The first-order valence-corrected chi connectivity index (χ1v) is 11.7. The van der Waals surface area contributed by atoms with Gasteiger partial charge in [-0.2, -0.15) is 13.2 Å². The first-order chi connectivity index (χ1) is 14.3. The van der Waals surface area contributed by atoms with Crippen molar-refractivity contribution in [2.24, 2.45) is 5.92 Å². The van der Waals surface area contributed by atoms with E-state index in [-0.39, 0.29) is 17.6 Å². The van der Waals surface area contributed by atoms with Gasteiger partial charge in [-0.25, -0.2) is 8.42 Å². The number of sulfonamides is 1. The summed E-state index contributed by atoms with van der Waals surface area (Å²) in [7, 11) is -4.05. The average molecular weight is 477 g/mol. The second-order valence-electron chi connectivity index (χ2n) is 7.59. The average Bonchev–Trinajstić information content (AvgIpc) is 2.65. The molecule has 0 unspecified atom stereocenters. The molecule has 0 aromatic heterocycles. The van der Waals surface area contributed by atoms with Crippen LogP contribution in [0.25, 0.3) is 0 Å². The standard InChI is InChI=1S/C21H24ClF3N2O3S/c1-14(2)11-19(15-7-5-4-6-8-15)26-20(28)13-27(31(3,29)30)16-9-10-18(22)17(12-16)21(23,24)25/h4-10,12,14,19H,11,13H2,1-3H3,(H,26,28)/t19-/m0/s1. The highest BCUT2D eigenvalue weighted by molar-refractivity contribution is 7.92. The van der Waals surface area contributed by atoms with Gasteiger partial charge in [0.2, 0.25) is 15.9 Å². The summed E-state index contributed by atoms with van der Waals surface area (Å²) in [6, 6.07) is 11.5. The normalized spacial score (nSPS) is 13.2. The van der Waals surface area contributed by atoms with E-state index in [4.69, 9.17) is 11.6 Å². The van der Waals surface area contributed by atoms with Crippen LogP contribution in [0.3, 0.4) is 0 Å². The predicted octanol–water partition coefficient (Wildman–Crippen LogP) is 5.03. The number of hydrogen-bond acceptors (Lipinski definition) is 3. The van der Waals surface area contributed by atoms with Crippen LogP contribution in [0.1, 0.15) is 37.4 Å². The van der Waals surface area contributed by atoms with Crippen LogP contribution in [-0.2, 0) is 21.0 Å². The molecule has 2 aromatic carbocycles. The lowest BCUT2D eigenvalue weighted by Crippen LogP contribution is -2.42. The van der Waals surface area contributed by atoms with Crippen molar-refractivity contribution in [1.82, 2.24) is 5.32 Å². The van der Waals surface area contributed by atoms with Gasteiger partial charge in [-0.3, -0.25) is 9.10 Å². The highest BCUT2D eigenvalue weighted by Crippen LogP contribution is 2.37. The molecule has 0 radical (unpaired) electrons. The number of benzene rings is 2. The number of alkyl halides is 3. The van der Waals surface area contributed by atoms with Crippen molar-refractivity contribution in [3.05, 3.63) is 64.7 Å². The number of hydrogen-bond donors (Lipinski definition) is 1. The smallest absolute Gasteiger partial charge is 0.348 e. The van der Waals surface area contributed by atoms with Crippen LogP contribution in [0, 0.1) is 5.92 Å². The third-order valence-electron chi connectivity index (χ3n) is 4.48. The molecule has 0 aliphatic heterocycles. The van der Waals surface area contributed by atoms with Gasteiger partial charge in [0.25, 0.3) is 0 Å². The lowest BCUT2D eigenvalue weighted by Gasteiger charge is -2.26. The first kappa shape index (κ1) is 25.0. The number of anilines is 1. The second kappa shape index (κ2) is 9.91. The van der Waals surface area contributed by atoms with E-state index in [0.29, 0.717) is 16.8 Å². The Morgan fingerprint density at radius 1 is 1.13 bits per heavy atom. The van der Waals surface area contributed by atoms with Crippen molar-refractivity contribution >= 4 is 33.2 Å². The molecule has 2 rings (SSSR count). The zero-order chi connectivity index (χ0) is 23.4. The number of rotatable bonds is 8. The van der Waals surface area contributed by atoms with Crippen molar-refractivity contribution < 1.29 is 26.4 Å². The number of amides is 1. The molecule has 0 aliphatic rings. The molecule has 170 valence electrons. The summed E-state index contributed by atoms with van der Waals surface area (Å²) in [5.41, 5.74) is -0.626. The maximum Gasteiger partial charge on any atom is 0.417 e. The van der Waals surface area contributed by atoms with Gasteiger partial charge in [0, 0.05) is 0 Å². The molecule has 0 spiro atoms. The Balaban J connectivity index is 2.32. The molecule has 5 nitrogen and oxygen atoms in total. The largest absolute Gasteiger partial charge is 0.417 e. The van der Waals surface area contributed by atoms with Crippen LogP contribution >= 0.6 is 11.6 Å². The molecule has 1 amide bonds. The van der Waals surface area contributed by atoms with Crippen molar-refractivity contribution in [2.75, 3.05) is 17.1 Å². The number of halogens is 4. The third kappa shape index (κ3) is 7.14. The van der Waals surface area contributed by atoms with Gasteiger partial charge in [-0.1, -0.05) is 55.8 Å². The molecular formula is C21H24ClF3N2O3S. The maximum atomic E-state index is 13.2. The first-order valence-electron chi connectivity index (χ1n) is 9.47. The van der Waals surface area contributed by atoms with E-state index in [0.717, 1.165) is 24.0 Å². The molecule has 0 bridgehead atoms. The Morgan fingerprint density at radius 3 is 2.26 bits per heavy atom. The summed E-state index contributed by atoms with van der Waals surface area (Å²) in [6.07, 6.45) is -3.34. The topological polar surface area (TPSA) is 66.5 Å². The van der Waals surface area contributed by atoms with E-state index in [2.05, 4.69) is 5.32 Å². The summed E-state index contributed by atoms with van der Waals surface area (Å²) in [5.74, 6) is -0.398. The van der Waals surface area contributed by atoms with E-state index >= 15 is 0 Å². The van der Waals surface area contributed by atoms with Gasteiger partial charge in [0.15, 0.2) is 0 Å². The zero-order valence-electron chi connectivity index (χ0n) is 17.3. The van der Waals surface area contributed by atoms with Crippen molar-refractivity contribution in [2.45, 2.75) is 32.5 Å². The minimum Gasteiger partial charge on any atom is -0.348 e. The van der Waals surface area contributed by atoms with E-state index in [9.17, 15) is 26.4 Å². The van der Waals surface area contributed by atoms with Crippen LogP contribution in [-0.4, -0.2) is 27.1 Å². The molecule has 0 heterocycles. The summed E-state index contributed by atoms with van der Waals surface area (Å²) >= 11 is 5.62. The van der Waals surface area contributed by atoms with Crippen molar-refractivity contribution in [3.63, 3.8) is 0 Å². The fourth-order valence-electron chi connectivity index (χ4n) is 3.09. The summed E-state index contributed by atoms with van der Waals surface area (Å²) < 4.78 is 64.8. The molecule has 1 atom stereocenters. The number of nitrogens with one attached hydrogen (secondary N) is 1. The van der Waals surface area contributed by atoms with Crippen LogP contribution in [0.2, 0.25) is 5.02 Å². The lowest BCUT2D eigenvalue weighted by molar-refractivity contribution is -0.137. The van der Waals surface area contributed by atoms with E-state index in [1.54, 1.807) is 0 Å². The minimum atomic E-state index is -4.77. The zero-order valence-corrected chi connectivity index (χ0v) is 18.9. The Bertz CT molecular complexity index is 1010. The number of nitrogens with zero attached hydrogens (tertiary/aromatic N) is 1. The fourth-order valence-corrected chi connectivity index (χ4v) is 4.16. The van der Waals surface area contributed by atoms with Gasteiger partial charge in [-0.05, 0) is 36.1 Å². The molecule has 0 saturated heterocycles. The van der Waals surface area contributed by atoms with Gasteiger partial charge >= 0.3 is 6.18 Å². The highest BCUT2D eigenvalue weighted by atomic mass is 35.5. The van der Waals surface area contributed by atoms with Gasteiger partial charge < -0.3 is 5.32 Å². The lowest BCUT2D eigenvalue weighted by atomic mass is 9.97. The minimum absolute atomic E-state index is 0.238. The van der Waals surface area contributed by atoms with E-state index in [1.165, 1.54) is 0 Å². The van der Waals surface area contributed by atoms with Gasteiger partial charge in [-0.15, -0.1) is 0 Å². The number of carbonyl (C=O) groups excluding carboxylic acids is 1. The van der Waals surface area contributed by atoms with Crippen molar-refractivity contribution in [3.8, 4) is 0 Å². The Morgan fingerprint density at radius 2 is 1.74 bits per heavy atom. The van der Waals surface area contributed by atoms with Crippen molar-refractivity contribution in [1.29, 1.82) is 0 Å². The predicted molar refractivity (Wildman–Crippen MR) is 115 cm³/mol. The molecular weight excluding hydrogens is 453 g/mol. The molecule has 1 N–H and O–H groups in total. The highest BCUT2D eigenvalue weighted by Gasteiger charge is 2.34. The van der Waals surface area contributed by atoms with Crippen LogP contribution in [0.15, 0.2) is 48.5 Å². The van der Waals surface area contributed by atoms with E-state index in [1.807, 2.05) is 44.2 Å². The summed E-state index contributed by atoms with van der Waals surface area (Å²) in [4.78, 5) is 12.7. The van der Waals surface area contributed by atoms with Gasteiger partial charge in [0.1, 0.15) is 6.54 Å². The SMILES string of the molecule is CC(C)C[C@H](NC(=O)CN(c1ccc(Cl)c(C(F)(F)F)c1)S(C)(=O)=O)c1ccccc1. The van der Waals surface area contributed by atoms with Gasteiger partial charge in [0.05, 0.1) is 28.6 Å². The molecule has 10 heteroatoms. The third-order valence-corrected chi connectivity index (χ3v) is 5.95.